The third kappa shape index (κ3) is 4.67. The summed E-state index contributed by atoms with van der Waals surface area (Å²) in [4.78, 5) is 22.7. The number of para-hydroxylation sites is 1. The van der Waals surface area contributed by atoms with Gasteiger partial charge in [-0.25, -0.2) is 4.79 Å². The summed E-state index contributed by atoms with van der Waals surface area (Å²) < 4.78 is 5.17. The lowest BCUT2D eigenvalue weighted by molar-refractivity contribution is -0.385. The SMILES string of the molecule is C=CCC(NC(=O)OCc1ccccc1)c1ccccc1[N+](=O)[O-]. The van der Waals surface area contributed by atoms with E-state index in [9.17, 15) is 14.9 Å². The van der Waals surface area contributed by atoms with Crippen LogP contribution in [-0.2, 0) is 11.3 Å². The maximum absolute atomic E-state index is 12.0. The lowest BCUT2D eigenvalue weighted by Gasteiger charge is -2.17. The van der Waals surface area contributed by atoms with Gasteiger partial charge < -0.3 is 10.1 Å². The molecule has 0 saturated carbocycles. The van der Waals surface area contributed by atoms with Crippen LogP contribution < -0.4 is 5.32 Å². The van der Waals surface area contributed by atoms with Gasteiger partial charge in [-0.05, 0) is 12.0 Å². The zero-order valence-electron chi connectivity index (χ0n) is 13.1. The second kappa shape index (κ2) is 8.47. The molecule has 1 N–H and O–H groups in total. The van der Waals surface area contributed by atoms with E-state index in [-0.39, 0.29) is 12.3 Å². The summed E-state index contributed by atoms with van der Waals surface area (Å²) >= 11 is 0. The molecule has 6 nitrogen and oxygen atoms in total. The van der Waals surface area contributed by atoms with E-state index in [1.807, 2.05) is 30.3 Å². The first kappa shape index (κ1) is 17.2. The van der Waals surface area contributed by atoms with Gasteiger partial charge in [0.25, 0.3) is 5.69 Å². The van der Waals surface area contributed by atoms with Crippen LogP contribution in [0.2, 0.25) is 0 Å². The number of ether oxygens (including phenoxy) is 1. The lowest BCUT2D eigenvalue weighted by atomic mass is 10.0. The van der Waals surface area contributed by atoms with Crippen molar-refractivity contribution in [2.45, 2.75) is 19.1 Å². The van der Waals surface area contributed by atoms with Crippen LogP contribution in [0.25, 0.3) is 0 Å². The zero-order chi connectivity index (χ0) is 17.4. The maximum atomic E-state index is 12.0. The van der Waals surface area contributed by atoms with E-state index in [4.69, 9.17) is 4.74 Å². The second-order valence-electron chi connectivity index (χ2n) is 5.10. The van der Waals surface area contributed by atoms with Gasteiger partial charge in [-0.1, -0.05) is 54.6 Å². The average Bonchev–Trinajstić information content (AvgIpc) is 2.60. The topological polar surface area (TPSA) is 81.5 Å². The van der Waals surface area contributed by atoms with Gasteiger partial charge in [-0.3, -0.25) is 10.1 Å². The van der Waals surface area contributed by atoms with Crippen LogP contribution in [0.15, 0.2) is 67.3 Å². The number of carbonyl (C=O) groups is 1. The highest BCUT2D eigenvalue weighted by Crippen LogP contribution is 2.27. The molecule has 0 aromatic heterocycles. The minimum Gasteiger partial charge on any atom is -0.445 e. The van der Waals surface area contributed by atoms with Crippen molar-refractivity contribution in [3.05, 3.63) is 88.5 Å². The van der Waals surface area contributed by atoms with E-state index < -0.39 is 17.1 Å². The number of benzene rings is 2. The van der Waals surface area contributed by atoms with E-state index >= 15 is 0 Å². The molecule has 1 atom stereocenters. The molecule has 0 saturated heterocycles. The molecule has 124 valence electrons. The molecule has 2 aromatic carbocycles. The van der Waals surface area contributed by atoms with Crippen LogP contribution >= 0.6 is 0 Å². The maximum Gasteiger partial charge on any atom is 0.407 e. The summed E-state index contributed by atoms with van der Waals surface area (Å²) in [6.07, 6.45) is 1.31. The van der Waals surface area contributed by atoms with Crippen LogP contribution in [0, 0.1) is 10.1 Å². The highest BCUT2D eigenvalue weighted by Gasteiger charge is 2.22. The van der Waals surface area contributed by atoms with Crippen molar-refractivity contribution >= 4 is 11.8 Å². The molecular formula is C18H18N2O4. The molecule has 1 amide bonds. The first-order valence-corrected chi connectivity index (χ1v) is 7.43. The van der Waals surface area contributed by atoms with E-state index in [0.717, 1.165) is 5.56 Å². The summed E-state index contributed by atoms with van der Waals surface area (Å²) in [6.45, 7) is 3.77. The number of hydrogen-bond acceptors (Lipinski definition) is 4. The number of nitro groups is 1. The highest BCUT2D eigenvalue weighted by molar-refractivity contribution is 5.68. The third-order valence-corrected chi connectivity index (χ3v) is 3.42. The quantitative estimate of drug-likeness (QED) is 0.471. The summed E-state index contributed by atoms with van der Waals surface area (Å²) in [5, 5.41) is 13.8. The van der Waals surface area contributed by atoms with E-state index in [2.05, 4.69) is 11.9 Å². The monoisotopic (exact) mass is 326 g/mol. The largest absolute Gasteiger partial charge is 0.445 e. The Bertz CT molecular complexity index is 716. The lowest BCUT2D eigenvalue weighted by Crippen LogP contribution is -2.29. The van der Waals surface area contributed by atoms with Crippen LogP contribution in [-0.4, -0.2) is 11.0 Å². The first-order valence-electron chi connectivity index (χ1n) is 7.43. The van der Waals surface area contributed by atoms with Crippen molar-refractivity contribution < 1.29 is 14.5 Å². The molecule has 0 spiro atoms. The van der Waals surface area contributed by atoms with Gasteiger partial charge in [0.1, 0.15) is 6.61 Å². The van der Waals surface area contributed by atoms with Gasteiger partial charge in [0.05, 0.1) is 16.5 Å². The number of nitrogens with zero attached hydrogens (tertiary/aromatic N) is 1. The van der Waals surface area contributed by atoms with Gasteiger partial charge in [0, 0.05) is 6.07 Å². The van der Waals surface area contributed by atoms with Crippen LogP contribution in [0.1, 0.15) is 23.6 Å². The van der Waals surface area contributed by atoms with Crippen molar-refractivity contribution in [2.24, 2.45) is 0 Å². The van der Waals surface area contributed by atoms with Gasteiger partial charge in [-0.15, -0.1) is 6.58 Å². The molecule has 2 rings (SSSR count). The molecular weight excluding hydrogens is 308 g/mol. The number of hydrogen-bond donors (Lipinski definition) is 1. The van der Waals surface area contributed by atoms with Crippen LogP contribution in [0.4, 0.5) is 10.5 Å². The fraction of sp³-hybridized carbons (Fsp3) is 0.167. The Balaban J connectivity index is 2.07. The Morgan fingerprint density at radius 1 is 1.21 bits per heavy atom. The number of nitro benzene ring substituents is 1. The molecule has 0 aliphatic carbocycles. The molecule has 0 heterocycles. The standard InChI is InChI=1S/C18H18N2O4/c1-2-8-16(15-11-6-7-12-17(15)20(22)23)19-18(21)24-13-14-9-4-3-5-10-14/h2-7,9-12,16H,1,8,13H2,(H,19,21). The Morgan fingerprint density at radius 2 is 1.88 bits per heavy atom. The zero-order valence-corrected chi connectivity index (χ0v) is 13.1. The van der Waals surface area contributed by atoms with Crippen LogP contribution in [0.5, 0.6) is 0 Å². The molecule has 0 fully saturated rings. The summed E-state index contributed by atoms with van der Waals surface area (Å²) in [5.41, 5.74) is 1.23. The fourth-order valence-electron chi connectivity index (χ4n) is 2.29. The molecule has 1 unspecified atom stereocenters. The summed E-state index contributed by atoms with van der Waals surface area (Å²) in [6, 6.07) is 15.0. The predicted octanol–water partition coefficient (Wildman–Crippen LogP) is 4.14. The van der Waals surface area contributed by atoms with Crippen molar-refractivity contribution in [3.8, 4) is 0 Å². The minimum atomic E-state index is -0.635. The molecule has 6 heteroatoms. The van der Waals surface area contributed by atoms with Crippen molar-refractivity contribution in [1.82, 2.24) is 5.32 Å². The molecule has 0 aliphatic rings. The molecule has 0 aliphatic heterocycles. The number of amides is 1. The molecule has 24 heavy (non-hydrogen) atoms. The third-order valence-electron chi connectivity index (χ3n) is 3.42. The highest BCUT2D eigenvalue weighted by atomic mass is 16.6. The number of nitrogens with one attached hydrogen (secondary N) is 1. The molecule has 2 aromatic rings. The van der Waals surface area contributed by atoms with Gasteiger partial charge >= 0.3 is 6.09 Å². The summed E-state index contributed by atoms with van der Waals surface area (Å²) in [7, 11) is 0. The Hall–Kier alpha value is -3.15. The van der Waals surface area contributed by atoms with Crippen molar-refractivity contribution in [2.75, 3.05) is 0 Å². The normalized spacial score (nSPS) is 11.3. The van der Waals surface area contributed by atoms with Crippen molar-refractivity contribution in [1.29, 1.82) is 0 Å². The Kier molecular flexibility index (Phi) is 6.08. The summed E-state index contributed by atoms with van der Waals surface area (Å²) in [5.74, 6) is 0. The number of carbonyl (C=O) groups excluding carboxylic acids is 1. The predicted molar refractivity (Wildman–Crippen MR) is 90.4 cm³/mol. The van der Waals surface area contributed by atoms with Crippen molar-refractivity contribution in [3.63, 3.8) is 0 Å². The average molecular weight is 326 g/mol. The Labute approximate surface area is 139 Å². The van der Waals surface area contributed by atoms with Gasteiger partial charge in [-0.2, -0.15) is 0 Å². The van der Waals surface area contributed by atoms with Gasteiger partial charge in [0.15, 0.2) is 0 Å². The molecule has 0 radical (unpaired) electrons. The first-order chi connectivity index (χ1) is 11.6. The number of rotatable bonds is 7. The fourth-order valence-corrected chi connectivity index (χ4v) is 2.29. The van der Waals surface area contributed by atoms with E-state index in [0.29, 0.717) is 12.0 Å². The smallest absolute Gasteiger partial charge is 0.407 e. The minimum absolute atomic E-state index is 0.0484. The van der Waals surface area contributed by atoms with E-state index in [1.165, 1.54) is 6.07 Å². The molecule has 0 bridgehead atoms. The van der Waals surface area contributed by atoms with E-state index in [1.54, 1.807) is 24.3 Å². The Morgan fingerprint density at radius 3 is 2.54 bits per heavy atom. The second-order valence-corrected chi connectivity index (χ2v) is 5.10. The van der Waals surface area contributed by atoms with Crippen LogP contribution in [0.3, 0.4) is 0 Å². The van der Waals surface area contributed by atoms with Gasteiger partial charge in [0.2, 0.25) is 0 Å². The number of alkyl carbamates (subject to hydrolysis) is 1.